The first-order valence-electron chi connectivity index (χ1n) is 4.23. The normalized spacial score (nSPS) is 21.5. The fourth-order valence-corrected chi connectivity index (χ4v) is 0.859. The van der Waals surface area contributed by atoms with Crippen LogP contribution in [-0.4, -0.2) is 17.3 Å². The topological polar surface area (TPSA) is 51.2 Å². The summed E-state index contributed by atoms with van der Waals surface area (Å²) in [6.45, 7) is 0. The third kappa shape index (κ3) is 4.01. The summed E-state index contributed by atoms with van der Waals surface area (Å²) in [4.78, 5) is 30.5. The van der Waals surface area contributed by atoms with Gasteiger partial charge in [-0.05, 0) is 0 Å². The van der Waals surface area contributed by atoms with E-state index in [0.29, 0.717) is 31.5 Å². The summed E-state index contributed by atoms with van der Waals surface area (Å²) in [5.41, 5.74) is 0. The molecule has 0 bridgehead atoms. The maximum atomic E-state index is 10.5. The largest absolute Gasteiger partial charge is 0.300 e. The van der Waals surface area contributed by atoms with E-state index >= 15 is 0 Å². The van der Waals surface area contributed by atoms with Crippen molar-refractivity contribution in [3.63, 3.8) is 0 Å². The van der Waals surface area contributed by atoms with Crippen LogP contribution in [0.15, 0.2) is 0 Å². The number of carbonyl (C=O) groups is 3. The summed E-state index contributed by atoms with van der Waals surface area (Å²) in [5.74, 6) is 0.897. The second kappa shape index (κ2) is 4.14. The van der Waals surface area contributed by atoms with E-state index in [9.17, 15) is 14.4 Å². The molecule has 0 aromatic rings. The van der Waals surface area contributed by atoms with Crippen molar-refractivity contribution in [1.82, 2.24) is 0 Å². The second-order valence-electron chi connectivity index (χ2n) is 3.12. The molecule has 12 heavy (non-hydrogen) atoms. The molecule has 0 unspecified atom stereocenters. The minimum Gasteiger partial charge on any atom is -0.300 e. The Morgan fingerprint density at radius 2 is 0.667 bits per heavy atom. The van der Waals surface area contributed by atoms with Crippen LogP contribution in [-0.2, 0) is 14.4 Å². The van der Waals surface area contributed by atoms with Gasteiger partial charge >= 0.3 is 0 Å². The molecule has 0 aliphatic heterocycles. The Morgan fingerprint density at radius 3 is 0.833 bits per heavy atom. The lowest BCUT2D eigenvalue weighted by molar-refractivity contribution is -0.128. The summed E-state index contributed by atoms with van der Waals surface area (Å²) >= 11 is 0. The van der Waals surface area contributed by atoms with Gasteiger partial charge in [-0.3, -0.25) is 14.4 Å². The van der Waals surface area contributed by atoms with E-state index < -0.39 is 0 Å². The molecule has 0 amide bonds. The molecule has 0 saturated heterocycles. The lowest BCUT2D eigenvalue weighted by Gasteiger charge is -2.04. The molecule has 0 atom stereocenters. The molecular weight excluding hydrogens is 156 g/mol. The van der Waals surface area contributed by atoms with Crippen molar-refractivity contribution < 1.29 is 14.4 Å². The molecule has 2 fully saturated rings. The number of hydrogen-bond donors (Lipinski definition) is 0. The van der Waals surface area contributed by atoms with E-state index in [-0.39, 0.29) is 11.6 Å². The highest BCUT2D eigenvalue weighted by Crippen LogP contribution is 2.09. The van der Waals surface area contributed by atoms with Crippen LogP contribution in [0.1, 0.15) is 38.5 Å². The molecule has 66 valence electrons. The standard InChI is InChI=1S/C6H8O2.C3H4O/c7-5-1-2-6(8)4-3-5;4-3-1-2-3/h1-4H2;1-2H2. The van der Waals surface area contributed by atoms with Crippen molar-refractivity contribution in [2.75, 3.05) is 0 Å². The Balaban J connectivity index is 0.000000150. The quantitative estimate of drug-likeness (QED) is 0.543. The van der Waals surface area contributed by atoms with E-state index in [2.05, 4.69) is 0 Å². The summed E-state index contributed by atoms with van der Waals surface area (Å²) in [6, 6.07) is 0. The van der Waals surface area contributed by atoms with E-state index in [0.717, 1.165) is 12.8 Å². The lowest BCUT2D eigenvalue weighted by atomic mass is 9.98. The molecular formula is C9H12O3. The van der Waals surface area contributed by atoms with Crippen LogP contribution in [0.5, 0.6) is 0 Å². The van der Waals surface area contributed by atoms with E-state index in [4.69, 9.17) is 0 Å². The molecule has 2 aliphatic rings. The minimum atomic E-state index is 0.240. The average Bonchev–Trinajstić information content (AvgIpc) is 2.80. The third-order valence-electron chi connectivity index (χ3n) is 1.82. The van der Waals surface area contributed by atoms with Gasteiger partial charge in [-0.2, -0.15) is 0 Å². The SMILES string of the molecule is O=C1CC1.O=C1CCC(=O)CC1. The van der Waals surface area contributed by atoms with Crippen LogP contribution in [0.25, 0.3) is 0 Å². The van der Waals surface area contributed by atoms with Gasteiger partial charge < -0.3 is 0 Å². The lowest BCUT2D eigenvalue weighted by Crippen LogP contribution is -2.12. The summed E-state index contributed by atoms with van der Waals surface area (Å²) in [6.07, 6.45) is 3.63. The number of ketones is 3. The molecule has 3 heteroatoms. The van der Waals surface area contributed by atoms with Gasteiger partial charge in [-0.25, -0.2) is 0 Å². The number of Topliss-reactive ketones (excluding diaryl/α,β-unsaturated/α-hetero) is 3. The average molecular weight is 168 g/mol. The molecule has 0 radical (unpaired) electrons. The molecule has 0 N–H and O–H groups in total. The Hall–Kier alpha value is -0.990. The first kappa shape index (κ1) is 9.10. The number of hydrogen-bond acceptors (Lipinski definition) is 3. The van der Waals surface area contributed by atoms with Crippen molar-refractivity contribution in [2.24, 2.45) is 0 Å². The Bertz CT molecular complexity index is 184. The fourth-order valence-electron chi connectivity index (χ4n) is 0.859. The molecule has 3 nitrogen and oxygen atoms in total. The Morgan fingerprint density at radius 1 is 0.500 bits per heavy atom. The van der Waals surface area contributed by atoms with E-state index in [1.54, 1.807) is 0 Å². The summed E-state index contributed by atoms with van der Waals surface area (Å²) in [7, 11) is 0. The maximum Gasteiger partial charge on any atom is 0.133 e. The van der Waals surface area contributed by atoms with Crippen LogP contribution >= 0.6 is 0 Å². The van der Waals surface area contributed by atoms with Gasteiger partial charge in [0.2, 0.25) is 0 Å². The van der Waals surface area contributed by atoms with Crippen molar-refractivity contribution in [3.8, 4) is 0 Å². The molecule has 0 heterocycles. The van der Waals surface area contributed by atoms with Crippen molar-refractivity contribution in [3.05, 3.63) is 0 Å². The highest BCUT2D eigenvalue weighted by Gasteiger charge is 2.14. The third-order valence-corrected chi connectivity index (χ3v) is 1.82. The van der Waals surface area contributed by atoms with Crippen molar-refractivity contribution in [2.45, 2.75) is 38.5 Å². The second-order valence-corrected chi connectivity index (χ2v) is 3.12. The zero-order valence-electron chi connectivity index (χ0n) is 6.97. The van der Waals surface area contributed by atoms with E-state index in [1.807, 2.05) is 0 Å². The van der Waals surface area contributed by atoms with Crippen LogP contribution in [0, 0.1) is 0 Å². The molecule has 2 rings (SSSR count). The van der Waals surface area contributed by atoms with Crippen LogP contribution in [0.4, 0.5) is 0 Å². The molecule has 2 saturated carbocycles. The predicted molar refractivity (Wildman–Crippen MR) is 42.7 cm³/mol. The van der Waals surface area contributed by atoms with Gasteiger partial charge in [0.15, 0.2) is 0 Å². The highest BCUT2D eigenvalue weighted by molar-refractivity contribution is 5.92. The zero-order chi connectivity index (χ0) is 8.97. The monoisotopic (exact) mass is 168 g/mol. The van der Waals surface area contributed by atoms with Crippen molar-refractivity contribution in [1.29, 1.82) is 0 Å². The number of carbonyl (C=O) groups excluding carboxylic acids is 3. The molecule has 0 aromatic carbocycles. The minimum absolute atomic E-state index is 0.240. The molecule has 0 spiro atoms. The fraction of sp³-hybridized carbons (Fsp3) is 0.667. The van der Waals surface area contributed by atoms with Gasteiger partial charge in [0.05, 0.1) is 0 Å². The molecule has 0 aromatic heterocycles. The highest BCUT2D eigenvalue weighted by atomic mass is 16.1. The van der Waals surface area contributed by atoms with Gasteiger partial charge in [-0.15, -0.1) is 0 Å². The van der Waals surface area contributed by atoms with Crippen LogP contribution in [0.2, 0.25) is 0 Å². The molecule has 2 aliphatic carbocycles. The van der Waals surface area contributed by atoms with Gasteiger partial charge in [0, 0.05) is 38.5 Å². The Kier molecular flexibility index (Phi) is 3.14. The Labute approximate surface area is 71.1 Å². The predicted octanol–water partition coefficient (Wildman–Crippen LogP) is 1.05. The van der Waals surface area contributed by atoms with Gasteiger partial charge in [-0.1, -0.05) is 0 Å². The first-order valence-corrected chi connectivity index (χ1v) is 4.23. The van der Waals surface area contributed by atoms with Gasteiger partial charge in [0.25, 0.3) is 0 Å². The maximum absolute atomic E-state index is 10.5. The van der Waals surface area contributed by atoms with Crippen molar-refractivity contribution >= 4 is 17.3 Å². The van der Waals surface area contributed by atoms with Gasteiger partial charge in [0.1, 0.15) is 17.3 Å². The smallest absolute Gasteiger partial charge is 0.133 e. The van der Waals surface area contributed by atoms with Crippen LogP contribution < -0.4 is 0 Å². The first-order chi connectivity index (χ1) is 5.68. The summed E-state index contributed by atoms with van der Waals surface area (Å²) in [5, 5.41) is 0. The summed E-state index contributed by atoms with van der Waals surface area (Å²) < 4.78 is 0. The van der Waals surface area contributed by atoms with Crippen LogP contribution in [0.3, 0.4) is 0 Å². The zero-order valence-corrected chi connectivity index (χ0v) is 6.97. The van der Waals surface area contributed by atoms with E-state index in [1.165, 1.54) is 0 Å². The number of rotatable bonds is 0.